The fourth-order valence-electron chi connectivity index (χ4n) is 2.63. The number of hydrogen-bond acceptors (Lipinski definition) is 5. The van der Waals surface area contributed by atoms with Gasteiger partial charge in [0.05, 0.1) is 23.6 Å². The lowest BCUT2D eigenvalue weighted by Gasteiger charge is -2.13. The number of hydrogen-bond donors (Lipinski definition) is 1. The number of thioether (sulfide) groups is 1. The molecule has 128 valence electrons. The topological polar surface area (TPSA) is 68.0 Å². The van der Waals surface area contributed by atoms with Gasteiger partial charge in [0.25, 0.3) is 0 Å². The molecule has 3 aromatic rings. The van der Waals surface area contributed by atoms with Gasteiger partial charge in [-0.3, -0.25) is 4.79 Å². The predicted molar refractivity (Wildman–Crippen MR) is 97.4 cm³/mol. The molecular formula is C19H19N3O2S. The molecule has 1 saturated carbocycles. The van der Waals surface area contributed by atoms with Gasteiger partial charge in [-0.1, -0.05) is 30.0 Å². The Balaban J connectivity index is 1.51. The molecule has 25 heavy (non-hydrogen) atoms. The number of aromatic nitrogens is 2. The fraction of sp³-hybridized carbons (Fsp3) is 0.316. The van der Waals surface area contributed by atoms with Crippen LogP contribution in [-0.4, -0.2) is 21.1 Å². The molecule has 2 heterocycles. The lowest BCUT2D eigenvalue weighted by molar-refractivity contribution is -0.120. The molecular weight excluding hydrogens is 334 g/mol. The number of carbonyl (C=O) groups excluding carboxylic acids is 1. The summed E-state index contributed by atoms with van der Waals surface area (Å²) in [6.45, 7) is 2.30. The molecule has 5 nitrogen and oxygen atoms in total. The minimum Gasteiger partial charge on any atom is -0.467 e. The maximum absolute atomic E-state index is 12.4. The first-order valence-corrected chi connectivity index (χ1v) is 9.32. The van der Waals surface area contributed by atoms with Crippen molar-refractivity contribution in [2.75, 3.05) is 0 Å². The summed E-state index contributed by atoms with van der Waals surface area (Å²) in [5, 5.41) is 4.54. The number of nitrogens with zero attached hydrogens (tertiary/aromatic N) is 2. The highest BCUT2D eigenvalue weighted by Gasteiger charge is 2.28. The van der Waals surface area contributed by atoms with Gasteiger partial charge in [-0.15, -0.1) is 0 Å². The number of benzene rings is 1. The van der Waals surface area contributed by atoms with Crippen LogP contribution in [-0.2, 0) is 11.3 Å². The van der Waals surface area contributed by atoms with Crippen molar-refractivity contribution in [2.24, 2.45) is 0 Å². The van der Waals surface area contributed by atoms with Crippen LogP contribution in [0.4, 0.5) is 0 Å². The molecule has 2 aromatic heterocycles. The highest BCUT2D eigenvalue weighted by atomic mass is 32.2. The normalized spacial score (nSPS) is 15.2. The Kier molecular flexibility index (Phi) is 4.44. The zero-order valence-electron chi connectivity index (χ0n) is 13.9. The minimum absolute atomic E-state index is 0.0305. The molecule has 0 saturated heterocycles. The third-order valence-electron chi connectivity index (χ3n) is 4.20. The second kappa shape index (κ2) is 6.88. The molecule has 1 N–H and O–H groups in total. The van der Waals surface area contributed by atoms with Crippen LogP contribution in [0.2, 0.25) is 0 Å². The third kappa shape index (κ3) is 3.69. The average Bonchev–Trinajstić information content (AvgIpc) is 3.35. The lowest BCUT2D eigenvalue weighted by Crippen LogP contribution is -2.30. The van der Waals surface area contributed by atoms with Crippen LogP contribution in [0, 0.1) is 0 Å². The molecule has 1 aliphatic carbocycles. The van der Waals surface area contributed by atoms with Crippen molar-refractivity contribution in [3.63, 3.8) is 0 Å². The summed E-state index contributed by atoms with van der Waals surface area (Å²) in [5.41, 5.74) is 0.949. The zero-order valence-corrected chi connectivity index (χ0v) is 14.8. The molecule has 1 fully saturated rings. The fourth-order valence-corrected chi connectivity index (χ4v) is 3.60. The van der Waals surface area contributed by atoms with E-state index in [4.69, 9.17) is 9.40 Å². The first-order valence-electron chi connectivity index (χ1n) is 8.44. The predicted octanol–water partition coefficient (Wildman–Crippen LogP) is 3.90. The standard InChI is InChI=1S/C19H19N3O2S/c1-12(18(23)20-11-14-5-4-10-24-14)25-19-15-6-2-3-7-16(15)21-17(22-19)13-8-9-13/h2-7,10,12-13H,8-9,11H2,1H3,(H,20,23)/t12-/m1/s1. The van der Waals surface area contributed by atoms with E-state index in [1.165, 1.54) is 11.8 Å². The van der Waals surface area contributed by atoms with Gasteiger partial charge in [-0.25, -0.2) is 9.97 Å². The molecule has 0 spiro atoms. The summed E-state index contributed by atoms with van der Waals surface area (Å²) in [6.07, 6.45) is 3.91. The summed E-state index contributed by atoms with van der Waals surface area (Å²) in [5.74, 6) is 2.10. The van der Waals surface area contributed by atoms with Crippen molar-refractivity contribution in [1.82, 2.24) is 15.3 Å². The number of para-hydroxylation sites is 1. The SMILES string of the molecule is C[C@@H](Sc1nc(C2CC2)nc2ccccc12)C(=O)NCc1ccco1. The van der Waals surface area contributed by atoms with Crippen LogP contribution < -0.4 is 5.32 Å². The Morgan fingerprint density at radius 3 is 2.88 bits per heavy atom. The molecule has 1 aromatic carbocycles. The van der Waals surface area contributed by atoms with Crippen molar-refractivity contribution >= 4 is 28.6 Å². The Morgan fingerprint density at radius 2 is 2.12 bits per heavy atom. The van der Waals surface area contributed by atoms with Crippen LogP contribution in [0.25, 0.3) is 10.9 Å². The van der Waals surface area contributed by atoms with Crippen molar-refractivity contribution in [3.05, 3.63) is 54.2 Å². The second-order valence-corrected chi connectivity index (χ2v) is 7.57. The van der Waals surface area contributed by atoms with Gasteiger partial charge in [0, 0.05) is 11.3 Å². The molecule has 0 radical (unpaired) electrons. The van der Waals surface area contributed by atoms with E-state index in [-0.39, 0.29) is 11.2 Å². The van der Waals surface area contributed by atoms with E-state index in [0.29, 0.717) is 12.5 Å². The Morgan fingerprint density at radius 1 is 1.28 bits per heavy atom. The van der Waals surface area contributed by atoms with Crippen molar-refractivity contribution < 1.29 is 9.21 Å². The third-order valence-corrected chi connectivity index (χ3v) is 5.30. The minimum atomic E-state index is -0.250. The first-order chi connectivity index (χ1) is 12.2. The lowest BCUT2D eigenvalue weighted by atomic mass is 10.2. The largest absolute Gasteiger partial charge is 0.467 e. The number of fused-ring (bicyclic) bond motifs is 1. The van der Waals surface area contributed by atoms with E-state index >= 15 is 0 Å². The van der Waals surface area contributed by atoms with Crippen molar-refractivity contribution in [2.45, 2.75) is 42.5 Å². The van der Waals surface area contributed by atoms with E-state index in [0.717, 1.165) is 40.4 Å². The Bertz CT molecular complexity index is 891. The Labute approximate surface area is 150 Å². The van der Waals surface area contributed by atoms with Gasteiger partial charge in [0.1, 0.15) is 16.6 Å². The quantitative estimate of drug-likeness (QED) is 0.538. The molecule has 0 unspecified atom stereocenters. The number of carbonyl (C=O) groups is 1. The van der Waals surface area contributed by atoms with E-state index in [1.807, 2.05) is 43.3 Å². The van der Waals surface area contributed by atoms with Gasteiger partial charge in [0.2, 0.25) is 5.91 Å². The molecule has 0 bridgehead atoms. The van der Waals surface area contributed by atoms with E-state index in [2.05, 4.69) is 10.3 Å². The Hall–Kier alpha value is -2.34. The second-order valence-electron chi connectivity index (χ2n) is 6.24. The van der Waals surface area contributed by atoms with Crippen LogP contribution in [0.5, 0.6) is 0 Å². The summed E-state index contributed by atoms with van der Waals surface area (Å²) < 4.78 is 5.25. The molecule has 1 aliphatic rings. The maximum Gasteiger partial charge on any atom is 0.233 e. The van der Waals surface area contributed by atoms with Crippen LogP contribution in [0.3, 0.4) is 0 Å². The van der Waals surface area contributed by atoms with E-state index in [1.54, 1.807) is 6.26 Å². The van der Waals surface area contributed by atoms with Gasteiger partial charge in [-0.2, -0.15) is 0 Å². The number of rotatable bonds is 6. The van der Waals surface area contributed by atoms with Crippen LogP contribution in [0.1, 0.15) is 37.3 Å². The number of furan rings is 1. The number of nitrogens with one attached hydrogen (secondary N) is 1. The van der Waals surface area contributed by atoms with Crippen molar-refractivity contribution in [1.29, 1.82) is 0 Å². The van der Waals surface area contributed by atoms with Crippen LogP contribution >= 0.6 is 11.8 Å². The van der Waals surface area contributed by atoms with E-state index < -0.39 is 0 Å². The molecule has 4 rings (SSSR count). The summed E-state index contributed by atoms with van der Waals surface area (Å²) in [4.78, 5) is 21.8. The smallest absolute Gasteiger partial charge is 0.233 e. The average molecular weight is 353 g/mol. The van der Waals surface area contributed by atoms with Crippen molar-refractivity contribution in [3.8, 4) is 0 Å². The summed E-state index contributed by atoms with van der Waals surface area (Å²) >= 11 is 1.48. The zero-order chi connectivity index (χ0) is 17.2. The first kappa shape index (κ1) is 16.1. The summed E-state index contributed by atoms with van der Waals surface area (Å²) in [6, 6.07) is 11.6. The van der Waals surface area contributed by atoms with E-state index in [9.17, 15) is 4.79 Å². The number of amides is 1. The van der Waals surface area contributed by atoms with Gasteiger partial charge in [0.15, 0.2) is 0 Å². The van der Waals surface area contributed by atoms with Crippen LogP contribution in [0.15, 0.2) is 52.1 Å². The maximum atomic E-state index is 12.4. The molecule has 6 heteroatoms. The highest BCUT2D eigenvalue weighted by Crippen LogP contribution is 2.40. The molecule has 0 aliphatic heterocycles. The highest BCUT2D eigenvalue weighted by molar-refractivity contribution is 8.00. The molecule has 1 atom stereocenters. The van der Waals surface area contributed by atoms with Gasteiger partial charge < -0.3 is 9.73 Å². The molecule has 1 amide bonds. The van der Waals surface area contributed by atoms with Gasteiger partial charge >= 0.3 is 0 Å². The van der Waals surface area contributed by atoms with Gasteiger partial charge in [-0.05, 0) is 38.0 Å². The summed E-state index contributed by atoms with van der Waals surface area (Å²) in [7, 11) is 0. The monoisotopic (exact) mass is 353 g/mol.